The first kappa shape index (κ1) is 14.9. The van der Waals surface area contributed by atoms with E-state index < -0.39 is 12.3 Å². The molecule has 0 radical (unpaired) electrons. The fourth-order valence-electron chi connectivity index (χ4n) is 2.19. The van der Waals surface area contributed by atoms with Gasteiger partial charge in [-0.05, 0) is 27.7 Å². The third-order valence-electron chi connectivity index (χ3n) is 3.41. The maximum atomic E-state index is 12.7. The van der Waals surface area contributed by atoms with E-state index >= 15 is 0 Å². The number of aliphatic hydroxyl groups is 1. The fraction of sp³-hybridized carbons (Fsp3) is 0.375. The molecule has 1 atom stereocenters. The molecule has 0 aromatic carbocycles. The van der Waals surface area contributed by atoms with Crippen LogP contribution in [0.4, 0.5) is 13.2 Å². The van der Waals surface area contributed by atoms with Crippen LogP contribution in [0.3, 0.4) is 0 Å². The molecule has 0 saturated carbocycles. The van der Waals surface area contributed by atoms with Crippen LogP contribution >= 0.6 is 0 Å². The Morgan fingerprint density at radius 2 is 1.45 bits per heavy atom. The van der Waals surface area contributed by atoms with E-state index in [1.54, 1.807) is 18.2 Å². The third kappa shape index (κ3) is 2.80. The highest BCUT2D eigenvalue weighted by Crippen LogP contribution is 2.40. The normalized spacial score (nSPS) is 14.6. The Kier molecular flexibility index (Phi) is 3.54. The van der Waals surface area contributed by atoms with Gasteiger partial charge in [-0.15, -0.1) is 0 Å². The number of fused-ring (bicyclic) bond motifs is 1. The highest BCUT2D eigenvalue weighted by atomic mass is 19.4. The topological polar surface area (TPSA) is 20.2 Å². The van der Waals surface area contributed by atoms with E-state index in [1.807, 2.05) is 32.9 Å². The highest BCUT2D eigenvalue weighted by Gasteiger charge is 2.40. The molecule has 1 unspecified atom stereocenters. The molecular formula is C16H17F3O. The number of halogens is 3. The first-order valence-corrected chi connectivity index (χ1v) is 6.38. The minimum atomic E-state index is -4.65. The van der Waals surface area contributed by atoms with Crippen molar-refractivity contribution in [1.29, 1.82) is 0 Å². The molecule has 0 bridgehead atoms. The van der Waals surface area contributed by atoms with Crippen molar-refractivity contribution in [2.24, 2.45) is 0 Å². The first-order chi connectivity index (χ1) is 9.10. The summed E-state index contributed by atoms with van der Waals surface area (Å²) in [6.45, 7) is 6.12. The molecule has 2 rings (SSSR count). The van der Waals surface area contributed by atoms with Crippen molar-refractivity contribution in [2.75, 3.05) is 0 Å². The molecule has 108 valence electrons. The average Bonchev–Trinajstić information content (AvgIpc) is 2.56. The molecule has 2 aliphatic rings. The zero-order valence-corrected chi connectivity index (χ0v) is 11.6. The summed E-state index contributed by atoms with van der Waals surface area (Å²) in [5.74, 6) is 0. The van der Waals surface area contributed by atoms with Crippen molar-refractivity contribution in [3.63, 3.8) is 0 Å². The van der Waals surface area contributed by atoms with Crippen molar-refractivity contribution < 1.29 is 18.3 Å². The van der Waals surface area contributed by atoms with Crippen molar-refractivity contribution in [3.05, 3.63) is 47.5 Å². The molecule has 2 aliphatic carbocycles. The molecular weight excluding hydrogens is 265 g/mol. The lowest BCUT2D eigenvalue weighted by atomic mass is 9.88. The largest absolute Gasteiger partial charge is 0.418 e. The van der Waals surface area contributed by atoms with E-state index in [9.17, 15) is 18.3 Å². The van der Waals surface area contributed by atoms with Crippen molar-refractivity contribution in [3.8, 4) is 11.1 Å². The van der Waals surface area contributed by atoms with Gasteiger partial charge in [-0.25, -0.2) is 0 Å². The number of hydrogen-bond donors (Lipinski definition) is 1. The van der Waals surface area contributed by atoms with Gasteiger partial charge in [0.05, 0.1) is 0 Å². The summed E-state index contributed by atoms with van der Waals surface area (Å²) >= 11 is 0. The molecule has 0 aliphatic heterocycles. The SMILES string of the molecule is CC(C)(C)c1ccc2ccc(C(O)C(F)(F)F)c-2cc1. The molecule has 0 amide bonds. The van der Waals surface area contributed by atoms with Crippen LogP contribution in [-0.4, -0.2) is 11.3 Å². The van der Waals surface area contributed by atoms with E-state index in [1.165, 1.54) is 6.07 Å². The summed E-state index contributed by atoms with van der Waals surface area (Å²) in [7, 11) is 0. The van der Waals surface area contributed by atoms with Gasteiger partial charge in [0.2, 0.25) is 0 Å². The van der Waals surface area contributed by atoms with Gasteiger partial charge < -0.3 is 5.11 Å². The molecule has 1 nitrogen and oxygen atoms in total. The third-order valence-corrected chi connectivity index (χ3v) is 3.41. The van der Waals surface area contributed by atoms with Crippen LogP contribution in [0.15, 0.2) is 36.4 Å². The summed E-state index contributed by atoms with van der Waals surface area (Å²) in [5, 5.41) is 9.43. The molecule has 0 fully saturated rings. The number of alkyl halides is 3. The Morgan fingerprint density at radius 3 is 2.00 bits per heavy atom. The molecule has 4 heteroatoms. The standard InChI is InChI=1S/C16H17F3O/c1-15(2,3)11-6-4-10-5-8-13(12(10)9-7-11)14(20)16(17,18)19/h4-9,14,20H,1-3H3. The number of aliphatic hydroxyl groups excluding tert-OH is 1. The van der Waals surface area contributed by atoms with E-state index in [0.29, 0.717) is 11.1 Å². The van der Waals surface area contributed by atoms with E-state index in [2.05, 4.69) is 0 Å². The van der Waals surface area contributed by atoms with Crippen molar-refractivity contribution in [1.82, 2.24) is 0 Å². The lowest BCUT2D eigenvalue weighted by molar-refractivity contribution is -0.206. The van der Waals surface area contributed by atoms with E-state index in [4.69, 9.17) is 0 Å². The smallest absolute Gasteiger partial charge is 0.379 e. The van der Waals surface area contributed by atoms with Gasteiger partial charge in [0, 0.05) is 0 Å². The maximum Gasteiger partial charge on any atom is 0.418 e. The summed E-state index contributed by atoms with van der Waals surface area (Å²) in [5.41, 5.74) is 1.98. The van der Waals surface area contributed by atoms with Crippen LogP contribution in [0, 0.1) is 0 Å². The molecule has 0 spiro atoms. The summed E-state index contributed by atoms with van der Waals surface area (Å²) in [4.78, 5) is 0. The van der Waals surface area contributed by atoms with E-state index in [0.717, 1.165) is 5.56 Å². The average molecular weight is 282 g/mol. The zero-order chi connectivity index (χ0) is 15.1. The van der Waals surface area contributed by atoms with Gasteiger partial charge in [0.1, 0.15) is 0 Å². The van der Waals surface area contributed by atoms with Gasteiger partial charge >= 0.3 is 6.18 Å². The van der Waals surface area contributed by atoms with Gasteiger partial charge in [-0.2, -0.15) is 13.2 Å². The minimum Gasteiger partial charge on any atom is -0.379 e. The number of rotatable bonds is 1. The Morgan fingerprint density at radius 1 is 0.900 bits per heavy atom. The Bertz CT molecular complexity index is 581. The first-order valence-electron chi connectivity index (χ1n) is 6.38. The Labute approximate surface area is 116 Å². The summed E-state index contributed by atoms with van der Waals surface area (Å²) in [6, 6.07) is 10.1. The minimum absolute atomic E-state index is 0.0840. The summed E-state index contributed by atoms with van der Waals surface area (Å²) in [6.07, 6.45) is -7.09. The van der Waals surface area contributed by atoms with Crippen molar-refractivity contribution >= 4 is 0 Å². The lowest BCUT2D eigenvalue weighted by Gasteiger charge is -2.17. The predicted molar refractivity (Wildman–Crippen MR) is 72.8 cm³/mol. The fourth-order valence-corrected chi connectivity index (χ4v) is 2.19. The lowest BCUT2D eigenvalue weighted by Crippen LogP contribution is -2.20. The van der Waals surface area contributed by atoms with Crippen LogP contribution in [0.1, 0.15) is 38.0 Å². The molecule has 20 heavy (non-hydrogen) atoms. The van der Waals surface area contributed by atoms with E-state index in [-0.39, 0.29) is 11.0 Å². The van der Waals surface area contributed by atoms with Crippen LogP contribution in [0.25, 0.3) is 11.1 Å². The quantitative estimate of drug-likeness (QED) is 0.805. The second kappa shape index (κ2) is 4.77. The van der Waals surface area contributed by atoms with Gasteiger partial charge in [0.15, 0.2) is 6.10 Å². The van der Waals surface area contributed by atoms with Crippen LogP contribution in [0.2, 0.25) is 0 Å². The second-order valence-corrected chi connectivity index (χ2v) is 5.97. The van der Waals surface area contributed by atoms with Gasteiger partial charge in [-0.1, -0.05) is 57.2 Å². The van der Waals surface area contributed by atoms with Crippen molar-refractivity contribution in [2.45, 2.75) is 38.5 Å². The monoisotopic (exact) mass is 282 g/mol. The molecule has 0 saturated heterocycles. The van der Waals surface area contributed by atoms with Gasteiger partial charge in [0.25, 0.3) is 0 Å². The summed E-state index contributed by atoms with van der Waals surface area (Å²) < 4.78 is 38.0. The van der Waals surface area contributed by atoms with Gasteiger partial charge in [-0.3, -0.25) is 0 Å². The molecule has 1 N–H and O–H groups in total. The maximum absolute atomic E-state index is 12.7. The number of hydrogen-bond acceptors (Lipinski definition) is 1. The molecule has 0 aromatic heterocycles. The Balaban J connectivity index is 2.53. The predicted octanol–water partition coefficient (Wildman–Crippen LogP) is 4.68. The zero-order valence-electron chi connectivity index (χ0n) is 11.6. The van der Waals surface area contributed by atoms with Crippen LogP contribution in [0.5, 0.6) is 0 Å². The highest BCUT2D eigenvalue weighted by molar-refractivity contribution is 5.71. The van der Waals surface area contributed by atoms with Crippen LogP contribution < -0.4 is 0 Å². The molecule has 0 heterocycles. The molecule has 0 aromatic rings. The second-order valence-electron chi connectivity index (χ2n) is 5.97. The van der Waals surface area contributed by atoms with Crippen LogP contribution in [-0.2, 0) is 5.41 Å². The Hall–Kier alpha value is -1.55.